The molecule has 0 fully saturated rings. The number of hydrogen-bond acceptors (Lipinski definition) is 5. The zero-order valence-electron chi connectivity index (χ0n) is 11.4. The van der Waals surface area contributed by atoms with E-state index < -0.39 is 5.97 Å². The maximum Gasteiger partial charge on any atom is 0.340 e. The summed E-state index contributed by atoms with van der Waals surface area (Å²) in [5, 5.41) is 2.71. The third-order valence-electron chi connectivity index (χ3n) is 2.34. The van der Waals surface area contributed by atoms with Gasteiger partial charge < -0.3 is 15.8 Å². The van der Waals surface area contributed by atoms with Crippen LogP contribution in [0.4, 0.5) is 5.69 Å². The quantitative estimate of drug-likeness (QED) is 0.776. The molecule has 3 N–H and O–H groups in total. The first kappa shape index (κ1) is 14.9. The van der Waals surface area contributed by atoms with Gasteiger partial charge in [-0.2, -0.15) is 0 Å². The average Bonchev–Trinajstić information content (AvgIpc) is 2.31. The van der Waals surface area contributed by atoms with Crippen molar-refractivity contribution in [2.75, 3.05) is 12.3 Å². The van der Waals surface area contributed by atoms with Gasteiger partial charge in [0.05, 0.1) is 29.6 Å². The van der Waals surface area contributed by atoms with E-state index in [0.717, 1.165) is 0 Å². The Morgan fingerprint density at radius 2 is 2.16 bits per heavy atom. The van der Waals surface area contributed by atoms with Crippen molar-refractivity contribution in [3.8, 4) is 0 Å². The van der Waals surface area contributed by atoms with Crippen LogP contribution in [-0.2, 0) is 9.53 Å². The summed E-state index contributed by atoms with van der Waals surface area (Å²) in [5.41, 5.74) is 6.83. The second-order valence-electron chi connectivity index (χ2n) is 4.51. The van der Waals surface area contributed by atoms with Crippen LogP contribution in [-0.4, -0.2) is 29.5 Å². The van der Waals surface area contributed by atoms with Crippen LogP contribution in [0, 0.1) is 6.92 Å². The molecule has 6 nitrogen and oxygen atoms in total. The highest BCUT2D eigenvalue weighted by molar-refractivity contribution is 5.91. The zero-order chi connectivity index (χ0) is 14.4. The third-order valence-corrected chi connectivity index (χ3v) is 2.34. The molecule has 1 amide bonds. The molecule has 0 radical (unpaired) electrons. The van der Waals surface area contributed by atoms with Crippen LogP contribution in [0.1, 0.15) is 36.3 Å². The topological polar surface area (TPSA) is 94.3 Å². The number of hydrogen-bond donors (Lipinski definition) is 2. The van der Waals surface area contributed by atoms with Crippen LogP contribution in [0.3, 0.4) is 0 Å². The highest BCUT2D eigenvalue weighted by atomic mass is 16.5. The highest BCUT2D eigenvalue weighted by Crippen LogP contribution is 2.10. The summed E-state index contributed by atoms with van der Waals surface area (Å²) in [6.45, 7) is 5.46. The molecule has 0 aliphatic carbocycles. The smallest absolute Gasteiger partial charge is 0.340 e. The number of amides is 1. The standard InChI is InChI=1S/C13H19N3O3/c1-8(2)16-12(17)4-5-19-13(18)11-6-10(14)7-15-9(11)3/h6-8H,4-5,14H2,1-3H3,(H,16,17). The molecule has 0 saturated heterocycles. The normalized spacial score (nSPS) is 10.3. The number of aryl methyl sites for hydroxylation is 1. The summed E-state index contributed by atoms with van der Waals surface area (Å²) in [6.07, 6.45) is 1.61. The number of carbonyl (C=O) groups is 2. The van der Waals surface area contributed by atoms with Gasteiger partial charge >= 0.3 is 5.97 Å². The first-order chi connectivity index (χ1) is 8.90. The molecule has 0 aliphatic rings. The minimum atomic E-state index is -0.519. The average molecular weight is 265 g/mol. The summed E-state index contributed by atoms with van der Waals surface area (Å²) in [7, 11) is 0. The fraction of sp³-hybridized carbons (Fsp3) is 0.462. The number of esters is 1. The van der Waals surface area contributed by atoms with Gasteiger partial charge in [0, 0.05) is 6.04 Å². The number of nitrogens with one attached hydrogen (secondary N) is 1. The Hall–Kier alpha value is -2.11. The van der Waals surface area contributed by atoms with E-state index >= 15 is 0 Å². The van der Waals surface area contributed by atoms with Gasteiger partial charge in [0.15, 0.2) is 0 Å². The summed E-state index contributed by atoms with van der Waals surface area (Å²) < 4.78 is 5.02. The molecule has 0 unspecified atom stereocenters. The monoisotopic (exact) mass is 265 g/mol. The molecule has 0 spiro atoms. The van der Waals surface area contributed by atoms with Crippen molar-refractivity contribution in [3.05, 3.63) is 23.5 Å². The van der Waals surface area contributed by atoms with Crippen molar-refractivity contribution in [3.63, 3.8) is 0 Å². The SMILES string of the molecule is Cc1ncc(N)cc1C(=O)OCCC(=O)NC(C)C. The molecular formula is C13H19N3O3. The van der Waals surface area contributed by atoms with Gasteiger partial charge in [-0.15, -0.1) is 0 Å². The van der Waals surface area contributed by atoms with Crippen LogP contribution in [0.15, 0.2) is 12.3 Å². The summed E-state index contributed by atoms with van der Waals surface area (Å²) in [6, 6.07) is 1.59. The minimum absolute atomic E-state index is 0.0334. The van der Waals surface area contributed by atoms with Gasteiger partial charge in [0.2, 0.25) is 5.91 Å². The molecule has 1 aromatic rings. The number of ether oxygens (including phenoxy) is 1. The third kappa shape index (κ3) is 4.95. The van der Waals surface area contributed by atoms with E-state index in [1.54, 1.807) is 6.92 Å². The molecular weight excluding hydrogens is 246 g/mol. The Morgan fingerprint density at radius 1 is 1.47 bits per heavy atom. The number of carbonyl (C=O) groups excluding carboxylic acids is 2. The number of pyridine rings is 1. The molecule has 0 atom stereocenters. The van der Waals surface area contributed by atoms with Crippen LogP contribution in [0.2, 0.25) is 0 Å². The summed E-state index contributed by atoms with van der Waals surface area (Å²) in [5.74, 6) is -0.667. The van der Waals surface area contributed by atoms with E-state index in [4.69, 9.17) is 10.5 Å². The molecule has 104 valence electrons. The van der Waals surface area contributed by atoms with Crippen molar-refractivity contribution < 1.29 is 14.3 Å². The Bertz CT molecular complexity index is 472. The molecule has 0 bridgehead atoms. The van der Waals surface area contributed by atoms with Crippen molar-refractivity contribution in [1.82, 2.24) is 10.3 Å². The first-order valence-corrected chi connectivity index (χ1v) is 6.08. The van der Waals surface area contributed by atoms with Crippen molar-refractivity contribution >= 4 is 17.6 Å². The first-order valence-electron chi connectivity index (χ1n) is 6.08. The van der Waals surface area contributed by atoms with Gasteiger partial charge in [0.1, 0.15) is 6.61 Å². The van der Waals surface area contributed by atoms with Crippen LogP contribution in [0.25, 0.3) is 0 Å². The van der Waals surface area contributed by atoms with Crippen molar-refractivity contribution in [2.45, 2.75) is 33.2 Å². The fourth-order valence-corrected chi connectivity index (χ4v) is 1.46. The van der Waals surface area contributed by atoms with E-state index in [1.165, 1.54) is 12.3 Å². The van der Waals surface area contributed by atoms with E-state index in [1.807, 2.05) is 13.8 Å². The van der Waals surface area contributed by atoms with Gasteiger partial charge in [-0.3, -0.25) is 9.78 Å². The summed E-state index contributed by atoms with van der Waals surface area (Å²) in [4.78, 5) is 27.1. The molecule has 6 heteroatoms. The lowest BCUT2D eigenvalue weighted by molar-refractivity contribution is -0.122. The van der Waals surface area contributed by atoms with E-state index in [9.17, 15) is 9.59 Å². The maximum atomic E-state index is 11.8. The van der Waals surface area contributed by atoms with Crippen molar-refractivity contribution in [2.24, 2.45) is 0 Å². The highest BCUT2D eigenvalue weighted by Gasteiger charge is 2.13. The Labute approximate surface area is 112 Å². The number of nitrogens with two attached hydrogens (primary N) is 1. The molecule has 0 aromatic carbocycles. The molecule has 1 rings (SSSR count). The van der Waals surface area contributed by atoms with E-state index in [0.29, 0.717) is 16.9 Å². The maximum absolute atomic E-state index is 11.8. The lowest BCUT2D eigenvalue weighted by Crippen LogP contribution is -2.31. The predicted octanol–water partition coefficient (Wildman–Crippen LogP) is 1.04. The van der Waals surface area contributed by atoms with Gasteiger partial charge in [-0.1, -0.05) is 0 Å². The van der Waals surface area contributed by atoms with Crippen LogP contribution in [0.5, 0.6) is 0 Å². The largest absolute Gasteiger partial charge is 0.462 e. The lowest BCUT2D eigenvalue weighted by Gasteiger charge is -2.09. The van der Waals surface area contributed by atoms with Gasteiger partial charge in [-0.25, -0.2) is 4.79 Å². The zero-order valence-corrected chi connectivity index (χ0v) is 11.4. The Morgan fingerprint density at radius 3 is 2.79 bits per heavy atom. The molecule has 19 heavy (non-hydrogen) atoms. The second kappa shape index (κ2) is 6.72. The molecule has 0 aliphatic heterocycles. The predicted molar refractivity (Wildman–Crippen MR) is 71.6 cm³/mol. The van der Waals surface area contributed by atoms with Gasteiger partial charge in [0.25, 0.3) is 0 Å². The number of anilines is 1. The number of rotatable bonds is 5. The van der Waals surface area contributed by atoms with Crippen molar-refractivity contribution in [1.29, 1.82) is 0 Å². The molecule has 1 aromatic heterocycles. The Kier molecular flexibility index (Phi) is 5.29. The second-order valence-corrected chi connectivity index (χ2v) is 4.51. The van der Waals surface area contributed by atoms with Crippen LogP contribution >= 0.6 is 0 Å². The van der Waals surface area contributed by atoms with E-state index in [2.05, 4.69) is 10.3 Å². The molecule has 1 heterocycles. The number of nitrogens with zero attached hydrogens (tertiary/aromatic N) is 1. The van der Waals surface area contributed by atoms with Crippen LogP contribution < -0.4 is 11.1 Å². The van der Waals surface area contributed by atoms with Gasteiger partial charge in [-0.05, 0) is 26.8 Å². The minimum Gasteiger partial charge on any atom is -0.462 e. The number of nitrogen functional groups attached to an aromatic ring is 1. The number of aromatic nitrogens is 1. The van der Waals surface area contributed by atoms with E-state index in [-0.39, 0.29) is 25.0 Å². The Balaban J connectivity index is 2.48. The fourth-order valence-electron chi connectivity index (χ4n) is 1.46. The molecule has 0 saturated carbocycles. The lowest BCUT2D eigenvalue weighted by atomic mass is 10.2. The summed E-state index contributed by atoms with van der Waals surface area (Å²) >= 11 is 0.